The molecule has 0 aromatic carbocycles. The lowest BCUT2D eigenvalue weighted by Gasteiger charge is -2.26. The molecule has 1 aliphatic rings. The first-order valence-electron chi connectivity index (χ1n) is 5.84. The fourth-order valence-corrected chi connectivity index (χ4v) is 3.91. The van der Waals surface area contributed by atoms with Gasteiger partial charge in [-0.1, -0.05) is 19.0 Å². The van der Waals surface area contributed by atoms with Crippen LogP contribution in [0.15, 0.2) is 15.7 Å². The van der Waals surface area contributed by atoms with Crippen LogP contribution in [0.5, 0.6) is 0 Å². The number of nitrogens with zero attached hydrogens (tertiary/aromatic N) is 2. The summed E-state index contributed by atoms with van der Waals surface area (Å²) in [6, 6.07) is -0.109. The summed E-state index contributed by atoms with van der Waals surface area (Å²) in [5, 5.41) is 3.60. The third-order valence-corrected chi connectivity index (χ3v) is 4.97. The fraction of sp³-hybridized carbons (Fsp3) is 0.727. The number of likely N-dealkylation sites (tertiary alicyclic amines) is 1. The predicted octanol–water partition coefficient (Wildman–Crippen LogP) is 0.602. The maximum Gasteiger partial charge on any atom is 0.246 e. The van der Waals surface area contributed by atoms with Crippen molar-refractivity contribution in [1.29, 1.82) is 0 Å². The summed E-state index contributed by atoms with van der Waals surface area (Å²) in [7, 11) is -1.57. The minimum atomic E-state index is -3.56. The van der Waals surface area contributed by atoms with Crippen LogP contribution in [-0.4, -0.2) is 44.7 Å². The van der Waals surface area contributed by atoms with Crippen LogP contribution in [0.4, 0.5) is 0 Å². The van der Waals surface area contributed by atoms with E-state index in [2.05, 4.69) is 33.1 Å². The Morgan fingerprint density at radius 3 is 2.67 bits per heavy atom. The molecule has 7 heteroatoms. The maximum absolute atomic E-state index is 12.2. The van der Waals surface area contributed by atoms with Gasteiger partial charge in [0, 0.05) is 19.1 Å². The molecular weight excluding hydrogens is 254 g/mol. The van der Waals surface area contributed by atoms with E-state index in [0.717, 1.165) is 6.54 Å². The molecule has 1 N–H and O–H groups in total. The Kier molecular flexibility index (Phi) is 3.25. The van der Waals surface area contributed by atoms with Crippen molar-refractivity contribution in [3.8, 4) is 0 Å². The van der Waals surface area contributed by atoms with Crippen molar-refractivity contribution >= 4 is 10.0 Å². The van der Waals surface area contributed by atoms with Crippen molar-refractivity contribution in [3.63, 3.8) is 0 Å². The van der Waals surface area contributed by atoms with Crippen molar-refractivity contribution in [1.82, 2.24) is 14.8 Å². The zero-order valence-electron chi connectivity index (χ0n) is 11.1. The van der Waals surface area contributed by atoms with Crippen LogP contribution in [0.3, 0.4) is 0 Å². The number of hydrogen-bond donors (Lipinski definition) is 1. The molecular formula is C11H19N3O3S. The molecule has 1 saturated heterocycles. The summed E-state index contributed by atoms with van der Waals surface area (Å²) < 4.78 is 31.9. The summed E-state index contributed by atoms with van der Waals surface area (Å²) in [4.78, 5) is 2.24. The average molecular weight is 273 g/mol. The first-order valence-corrected chi connectivity index (χ1v) is 7.32. The summed E-state index contributed by atoms with van der Waals surface area (Å²) in [5.74, 6) is 0. The maximum atomic E-state index is 12.2. The van der Waals surface area contributed by atoms with Crippen LogP contribution in [0.25, 0.3) is 0 Å². The highest BCUT2D eigenvalue weighted by atomic mass is 32.2. The Balaban J connectivity index is 2.22. The summed E-state index contributed by atoms with van der Waals surface area (Å²) >= 11 is 0. The molecule has 0 saturated carbocycles. The number of aryl methyl sites for hydroxylation is 1. The molecule has 1 aromatic heterocycles. The largest absolute Gasteiger partial charge is 0.363 e. The van der Waals surface area contributed by atoms with E-state index in [9.17, 15) is 8.42 Å². The number of nitrogens with one attached hydrogen (secondary N) is 1. The second kappa shape index (κ2) is 4.32. The van der Waals surface area contributed by atoms with Crippen LogP contribution in [0.2, 0.25) is 0 Å². The Labute approximate surface area is 107 Å². The number of sulfonamides is 1. The van der Waals surface area contributed by atoms with Gasteiger partial charge in [0.05, 0.1) is 0 Å². The zero-order chi connectivity index (χ0) is 13.6. The summed E-state index contributed by atoms with van der Waals surface area (Å²) in [6.45, 7) is 7.30. The first kappa shape index (κ1) is 13.5. The van der Waals surface area contributed by atoms with Crippen LogP contribution in [0, 0.1) is 12.3 Å². The van der Waals surface area contributed by atoms with Crippen molar-refractivity contribution in [2.45, 2.75) is 31.7 Å². The van der Waals surface area contributed by atoms with Crippen molar-refractivity contribution in [2.75, 3.05) is 20.1 Å². The van der Waals surface area contributed by atoms with Gasteiger partial charge in [-0.05, 0) is 19.4 Å². The quantitative estimate of drug-likeness (QED) is 0.873. The number of aromatic nitrogens is 1. The van der Waals surface area contributed by atoms with Gasteiger partial charge in [-0.25, -0.2) is 13.1 Å². The van der Waals surface area contributed by atoms with Gasteiger partial charge in [-0.3, -0.25) is 0 Å². The predicted molar refractivity (Wildman–Crippen MR) is 66.6 cm³/mol. The van der Waals surface area contributed by atoms with E-state index in [0.29, 0.717) is 12.2 Å². The summed E-state index contributed by atoms with van der Waals surface area (Å²) in [5.41, 5.74) is 0.291. The standard InChI is InChI=1S/C11H19N3O3S/c1-8-9(6-17-12-8)18(15,16)13-10-5-14(4)7-11(10,2)3/h6,10,13H,5,7H2,1-4H3. The zero-order valence-corrected chi connectivity index (χ0v) is 11.9. The fourth-order valence-electron chi connectivity index (χ4n) is 2.42. The highest BCUT2D eigenvalue weighted by Crippen LogP contribution is 2.29. The average Bonchev–Trinajstić information content (AvgIpc) is 2.71. The molecule has 1 atom stereocenters. The second-order valence-electron chi connectivity index (χ2n) is 5.62. The third-order valence-electron chi connectivity index (χ3n) is 3.41. The minimum absolute atomic E-state index is 0.0904. The molecule has 0 spiro atoms. The van der Waals surface area contributed by atoms with Gasteiger partial charge in [-0.2, -0.15) is 0 Å². The molecule has 0 bridgehead atoms. The molecule has 1 unspecified atom stereocenters. The number of hydrogen-bond acceptors (Lipinski definition) is 5. The van der Waals surface area contributed by atoms with Gasteiger partial charge < -0.3 is 9.42 Å². The highest BCUT2D eigenvalue weighted by molar-refractivity contribution is 7.89. The van der Waals surface area contributed by atoms with Gasteiger partial charge >= 0.3 is 0 Å². The Morgan fingerprint density at radius 1 is 1.56 bits per heavy atom. The van der Waals surface area contributed by atoms with Crippen LogP contribution in [0.1, 0.15) is 19.5 Å². The van der Waals surface area contributed by atoms with Crippen molar-refractivity contribution < 1.29 is 12.9 Å². The SMILES string of the molecule is Cc1nocc1S(=O)(=O)NC1CN(C)CC1(C)C. The van der Waals surface area contributed by atoms with Crippen molar-refractivity contribution in [3.05, 3.63) is 12.0 Å². The van der Waals surface area contributed by atoms with E-state index in [1.807, 2.05) is 7.05 Å². The van der Waals surface area contributed by atoms with E-state index >= 15 is 0 Å². The van der Waals surface area contributed by atoms with E-state index in [-0.39, 0.29) is 16.4 Å². The first-order chi connectivity index (χ1) is 8.22. The lowest BCUT2D eigenvalue weighted by molar-refractivity contribution is 0.315. The van der Waals surface area contributed by atoms with Gasteiger partial charge in [0.25, 0.3) is 0 Å². The topological polar surface area (TPSA) is 75.4 Å². The summed E-state index contributed by atoms with van der Waals surface area (Å²) in [6.07, 6.45) is 1.17. The van der Waals surface area contributed by atoms with E-state index in [1.165, 1.54) is 6.26 Å². The van der Waals surface area contributed by atoms with Crippen LogP contribution in [-0.2, 0) is 10.0 Å². The normalized spacial score (nSPS) is 24.6. The molecule has 102 valence electrons. The molecule has 1 aromatic rings. The minimum Gasteiger partial charge on any atom is -0.363 e. The third kappa shape index (κ3) is 2.43. The van der Waals surface area contributed by atoms with E-state index < -0.39 is 10.0 Å². The molecule has 18 heavy (non-hydrogen) atoms. The Hall–Kier alpha value is -0.920. The molecule has 0 aliphatic carbocycles. The molecule has 0 amide bonds. The number of rotatable bonds is 3. The molecule has 1 aliphatic heterocycles. The molecule has 2 heterocycles. The Bertz CT molecular complexity index is 535. The second-order valence-corrected chi connectivity index (χ2v) is 7.31. The van der Waals surface area contributed by atoms with Gasteiger partial charge in [0.15, 0.2) is 0 Å². The monoisotopic (exact) mass is 273 g/mol. The van der Waals surface area contributed by atoms with Crippen LogP contribution < -0.4 is 4.72 Å². The van der Waals surface area contributed by atoms with Gasteiger partial charge in [0.1, 0.15) is 16.9 Å². The smallest absolute Gasteiger partial charge is 0.246 e. The molecule has 0 radical (unpaired) electrons. The van der Waals surface area contributed by atoms with Crippen molar-refractivity contribution in [2.24, 2.45) is 5.41 Å². The van der Waals surface area contributed by atoms with E-state index in [1.54, 1.807) is 6.92 Å². The lowest BCUT2D eigenvalue weighted by Crippen LogP contribution is -2.44. The molecule has 6 nitrogen and oxygen atoms in total. The van der Waals surface area contributed by atoms with Crippen LogP contribution >= 0.6 is 0 Å². The Morgan fingerprint density at radius 2 is 2.22 bits per heavy atom. The lowest BCUT2D eigenvalue weighted by atomic mass is 9.89. The van der Waals surface area contributed by atoms with Gasteiger partial charge in [-0.15, -0.1) is 0 Å². The molecule has 2 rings (SSSR count). The highest BCUT2D eigenvalue weighted by Gasteiger charge is 2.40. The van der Waals surface area contributed by atoms with E-state index in [4.69, 9.17) is 0 Å². The number of likely N-dealkylation sites (N-methyl/N-ethyl adjacent to an activating group) is 1. The molecule has 1 fully saturated rings. The van der Waals surface area contributed by atoms with Gasteiger partial charge in [0.2, 0.25) is 10.0 Å².